The van der Waals surface area contributed by atoms with Gasteiger partial charge < -0.3 is 11.6 Å². The van der Waals surface area contributed by atoms with Gasteiger partial charge in [0.15, 0.2) is 0 Å². The molecule has 2 aliphatic rings. The molecule has 0 nitrogen and oxygen atoms in total. The Bertz CT molecular complexity index is 454. The van der Waals surface area contributed by atoms with Crippen molar-refractivity contribution in [2.75, 3.05) is 0 Å². The van der Waals surface area contributed by atoms with Gasteiger partial charge in [-0.25, -0.2) is 0 Å². The molecule has 0 aliphatic heterocycles. The number of rotatable bonds is 4. The van der Waals surface area contributed by atoms with Gasteiger partial charge in [0.1, 0.15) is 0 Å². The van der Waals surface area contributed by atoms with E-state index in [4.69, 9.17) is 11.6 Å². The van der Waals surface area contributed by atoms with Crippen LogP contribution in [0.2, 0.25) is 0 Å². The quantitative estimate of drug-likeness (QED) is 0.304. The Balaban J connectivity index is 0.00000176. The number of hydrogen-bond acceptors (Lipinski definition) is 0. The molecule has 0 saturated heterocycles. The van der Waals surface area contributed by atoms with E-state index in [1.807, 2.05) is 0 Å². The summed E-state index contributed by atoms with van der Waals surface area (Å²) in [5.74, 6) is 0. The molecule has 126 valence electrons. The molecule has 2 fully saturated rings. The summed E-state index contributed by atoms with van der Waals surface area (Å²) in [5, 5.41) is 1.61. The molecule has 2 saturated carbocycles. The van der Waals surface area contributed by atoms with Crippen LogP contribution in [0.1, 0.15) is 62.5 Å². The third-order valence-corrected chi connectivity index (χ3v) is 11.6. The van der Waals surface area contributed by atoms with Crippen molar-refractivity contribution in [1.29, 1.82) is 0 Å². The molecule has 0 unspecified atom stereocenters. The minimum Gasteiger partial charge on any atom is -0.304 e. The van der Waals surface area contributed by atoms with Crippen molar-refractivity contribution in [2.24, 2.45) is 0 Å². The van der Waals surface area contributed by atoms with E-state index in [-0.39, 0.29) is 20.4 Å². The minimum atomic E-state index is -1.34. The van der Waals surface area contributed by atoms with Gasteiger partial charge in [-0.2, -0.15) is 0 Å². The fourth-order valence-electron chi connectivity index (χ4n) is 4.77. The summed E-state index contributed by atoms with van der Waals surface area (Å²) >= 11 is 6.65. The predicted molar refractivity (Wildman–Crippen MR) is 97.1 cm³/mol. The zero-order chi connectivity index (χ0) is 14.9. The Morgan fingerprint density at radius 3 is 1.64 bits per heavy atom. The van der Waals surface area contributed by atoms with Crippen molar-refractivity contribution < 1.29 is 20.4 Å². The van der Waals surface area contributed by atoms with Crippen LogP contribution in [0.25, 0.3) is 0 Å². The number of benzene rings is 1. The van der Waals surface area contributed by atoms with E-state index in [0.29, 0.717) is 0 Å². The Kier molecular flexibility index (Phi) is 6.99. The van der Waals surface area contributed by atoms with Crippen LogP contribution in [0.3, 0.4) is 0 Å². The van der Waals surface area contributed by atoms with Gasteiger partial charge >= 0.3 is 0 Å². The Morgan fingerprint density at radius 2 is 1.27 bits per heavy atom. The van der Waals surface area contributed by atoms with Crippen LogP contribution in [-0.4, -0.2) is 11.3 Å². The largest absolute Gasteiger partial charge is 0.304 e. The average Bonchev–Trinajstić information content (AvgIpc) is 3.12. The topological polar surface area (TPSA) is 0 Å². The summed E-state index contributed by atoms with van der Waals surface area (Å²) in [6, 6.07) is 7.21. The Labute approximate surface area is 155 Å². The normalized spacial score (nSPS) is 20.3. The molecule has 1 aromatic carbocycles. The molecule has 0 atom stereocenters. The zero-order valence-electron chi connectivity index (χ0n) is 13.8. The van der Waals surface area contributed by atoms with Crippen molar-refractivity contribution in [3.05, 3.63) is 34.9 Å². The van der Waals surface area contributed by atoms with E-state index >= 15 is 0 Å². The third-order valence-electron chi connectivity index (χ3n) is 5.67. The average molecular weight is 429 g/mol. The van der Waals surface area contributed by atoms with Crippen LogP contribution in [0.4, 0.5) is 0 Å². The van der Waals surface area contributed by atoms with E-state index in [2.05, 4.69) is 37.7 Å². The van der Waals surface area contributed by atoms with Gasteiger partial charge in [-0.15, -0.1) is 0 Å². The van der Waals surface area contributed by atoms with Gasteiger partial charge in [-0.05, 0) is 88.5 Å². The second kappa shape index (κ2) is 8.12. The third kappa shape index (κ3) is 3.49. The molecule has 3 rings (SSSR count). The minimum absolute atomic E-state index is 0. The summed E-state index contributed by atoms with van der Waals surface area (Å²) in [5.41, 5.74) is 6.72. The smallest absolute Gasteiger partial charge is 0.0669 e. The first kappa shape index (κ1) is 18.9. The SMILES string of the molecule is Cc1cc(C)cc([P+]([CH-]Cl)(C2CCCC2)C2CCCC2)c1.[Pd]. The van der Waals surface area contributed by atoms with E-state index in [9.17, 15) is 0 Å². The van der Waals surface area contributed by atoms with Crippen LogP contribution in [-0.2, 0) is 20.4 Å². The van der Waals surface area contributed by atoms with Crippen LogP contribution in [0.5, 0.6) is 0 Å². The van der Waals surface area contributed by atoms with E-state index < -0.39 is 7.26 Å². The van der Waals surface area contributed by atoms with Crippen molar-refractivity contribution in [3.63, 3.8) is 0 Å². The standard InChI is InChI=1S/C19H28ClP.Pd/c1-15-11-16(2)13-19(12-15)21(14-20,17-7-3-4-8-17)18-9-5-6-10-18;/h11-14,17-18H,3-10H2,1-2H3;. The van der Waals surface area contributed by atoms with Gasteiger partial charge in [0.2, 0.25) is 0 Å². The molecule has 0 radical (unpaired) electrons. The summed E-state index contributed by atoms with van der Waals surface area (Å²) in [4.78, 5) is 0. The van der Waals surface area contributed by atoms with Gasteiger partial charge in [0.25, 0.3) is 0 Å². The van der Waals surface area contributed by atoms with Gasteiger partial charge in [0.05, 0.1) is 5.30 Å². The molecule has 1 aromatic rings. The molecule has 0 bridgehead atoms. The molecule has 0 spiro atoms. The molecular formula is C19H28ClPPd. The second-order valence-corrected chi connectivity index (χ2v) is 11.6. The van der Waals surface area contributed by atoms with Gasteiger partial charge in [-0.3, -0.25) is 0 Å². The van der Waals surface area contributed by atoms with Crippen LogP contribution < -0.4 is 5.30 Å². The molecular weight excluding hydrogens is 401 g/mol. The summed E-state index contributed by atoms with van der Waals surface area (Å²) in [6.45, 7) is 4.48. The first-order valence-corrected chi connectivity index (χ1v) is 11.0. The number of aryl methyl sites for hydroxylation is 2. The molecule has 0 aromatic heterocycles. The van der Waals surface area contributed by atoms with Crippen molar-refractivity contribution in [1.82, 2.24) is 0 Å². The summed E-state index contributed by atoms with van der Waals surface area (Å²) < 4.78 is 0. The molecule has 22 heavy (non-hydrogen) atoms. The van der Waals surface area contributed by atoms with Crippen molar-refractivity contribution >= 4 is 24.2 Å². The number of halogens is 1. The zero-order valence-corrected chi connectivity index (χ0v) is 17.0. The molecule has 0 amide bonds. The summed E-state index contributed by atoms with van der Waals surface area (Å²) in [6.07, 6.45) is 11.3. The Morgan fingerprint density at radius 1 is 0.864 bits per heavy atom. The van der Waals surface area contributed by atoms with E-state index in [1.54, 1.807) is 5.30 Å². The first-order chi connectivity index (χ1) is 10.2. The fourth-order valence-corrected chi connectivity index (χ4v) is 11.2. The predicted octanol–water partition coefficient (Wildman–Crippen LogP) is 6.19. The molecule has 0 N–H and O–H groups in total. The maximum atomic E-state index is 6.65. The van der Waals surface area contributed by atoms with E-state index in [1.165, 1.54) is 62.5 Å². The van der Waals surface area contributed by atoms with Crippen molar-refractivity contribution in [3.8, 4) is 0 Å². The monoisotopic (exact) mass is 428 g/mol. The molecule has 3 heteroatoms. The second-order valence-electron chi connectivity index (χ2n) is 7.15. The van der Waals surface area contributed by atoms with Gasteiger partial charge in [0, 0.05) is 31.7 Å². The maximum Gasteiger partial charge on any atom is 0.0669 e. The summed E-state index contributed by atoms with van der Waals surface area (Å²) in [7, 11) is -1.34. The number of hydrogen-bond donors (Lipinski definition) is 0. The Hall–Kier alpha value is 0.602. The van der Waals surface area contributed by atoms with E-state index in [0.717, 1.165) is 11.3 Å². The van der Waals surface area contributed by atoms with Crippen LogP contribution in [0.15, 0.2) is 18.2 Å². The van der Waals surface area contributed by atoms with Crippen LogP contribution >= 0.6 is 18.9 Å². The van der Waals surface area contributed by atoms with Crippen LogP contribution in [0, 0.1) is 19.5 Å². The van der Waals surface area contributed by atoms with Gasteiger partial charge in [-0.1, -0.05) is 18.9 Å². The maximum absolute atomic E-state index is 6.65. The molecule has 2 aliphatic carbocycles. The fraction of sp³-hybridized carbons (Fsp3) is 0.632. The van der Waals surface area contributed by atoms with Crippen molar-refractivity contribution in [2.45, 2.75) is 76.5 Å². The molecule has 0 heterocycles. The first-order valence-electron chi connectivity index (χ1n) is 8.58.